The number of nitrogens with zero attached hydrogens (tertiary/aromatic N) is 4. The number of piperazine rings is 1. The lowest BCUT2D eigenvalue weighted by atomic mass is 10.0. The van der Waals surface area contributed by atoms with Gasteiger partial charge in [-0.3, -0.25) is 0 Å². The van der Waals surface area contributed by atoms with Crippen molar-refractivity contribution in [3.05, 3.63) is 95.2 Å². The van der Waals surface area contributed by atoms with E-state index < -0.39 is 0 Å². The van der Waals surface area contributed by atoms with E-state index in [1.807, 2.05) is 17.0 Å². The Morgan fingerprint density at radius 1 is 0.875 bits per heavy atom. The fourth-order valence-corrected chi connectivity index (χ4v) is 4.98. The van der Waals surface area contributed by atoms with E-state index in [2.05, 4.69) is 66.5 Å². The summed E-state index contributed by atoms with van der Waals surface area (Å²) in [7, 11) is 3.17. The molecule has 5 rings (SSSR count). The predicted octanol–water partition coefficient (Wildman–Crippen LogP) is 5.72. The predicted molar refractivity (Wildman–Crippen MR) is 159 cm³/mol. The standard InChI is InChI=1S/C32H35N5O3/c1-22-9-8-12-25(19-22)30-33-23(2)27(20-24-10-6-5-7-11-24)31(35-30)36-15-17-37(18-16-36)32(38)34-28-14-13-26(39-3)21-29(28)40-4/h5-14,19,21H,15-18,20H2,1-4H3,(H,34,38). The van der Waals surface area contributed by atoms with Gasteiger partial charge in [0.25, 0.3) is 0 Å². The van der Waals surface area contributed by atoms with Crippen LogP contribution in [0.2, 0.25) is 0 Å². The molecular formula is C32H35N5O3. The molecular weight excluding hydrogens is 502 g/mol. The largest absolute Gasteiger partial charge is 0.497 e. The molecule has 0 saturated carbocycles. The van der Waals surface area contributed by atoms with Gasteiger partial charge in [-0.15, -0.1) is 0 Å². The van der Waals surface area contributed by atoms with Crippen LogP contribution in [-0.2, 0) is 6.42 Å². The number of nitrogens with one attached hydrogen (secondary N) is 1. The second kappa shape index (κ2) is 12.1. The Morgan fingerprint density at radius 3 is 2.35 bits per heavy atom. The second-order valence-electron chi connectivity index (χ2n) is 9.94. The highest BCUT2D eigenvalue weighted by molar-refractivity contribution is 5.91. The van der Waals surface area contributed by atoms with Gasteiger partial charge in [-0.05, 0) is 37.6 Å². The number of ether oxygens (including phenoxy) is 2. The van der Waals surface area contributed by atoms with Crippen molar-refractivity contribution in [3.63, 3.8) is 0 Å². The third-order valence-corrected chi connectivity index (χ3v) is 7.21. The normalized spacial score (nSPS) is 13.2. The average Bonchev–Trinajstić information content (AvgIpc) is 2.99. The molecule has 3 aromatic carbocycles. The zero-order valence-electron chi connectivity index (χ0n) is 23.5. The van der Waals surface area contributed by atoms with Gasteiger partial charge in [0, 0.05) is 55.5 Å². The molecule has 0 atom stereocenters. The topological polar surface area (TPSA) is 79.8 Å². The van der Waals surface area contributed by atoms with Gasteiger partial charge in [-0.1, -0.05) is 54.1 Å². The van der Waals surface area contributed by atoms with Crippen molar-refractivity contribution in [2.75, 3.05) is 50.6 Å². The molecule has 0 radical (unpaired) electrons. The maximum atomic E-state index is 13.2. The first kappa shape index (κ1) is 27.0. The third-order valence-electron chi connectivity index (χ3n) is 7.21. The number of hydrogen-bond acceptors (Lipinski definition) is 6. The van der Waals surface area contributed by atoms with Crippen LogP contribution >= 0.6 is 0 Å². The van der Waals surface area contributed by atoms with E-state index in [1.54, 1.807) is 32.4 Å². The summed E-state index contributed by atoms with van der Waals surface area (Å²) in [5, 5.41) is 2.99. The van der Waals surface area contributed by atoms with Crippen molar-refractivity contribution < 1.29 is 14.3 Å². The van der Waals surface area contributed by atoms with E-state index in [-0.39, 0.29) is 6.03 Å². The smallest absolute Gasteiger partial charge is 0.322 e. The highest BCUT2D eigenvalue weighted by atomic mass is 16.5. The minimum absolute atomic E-state index is 0.160. The molecule has 206 valence electrons. The SMILES string of the molecule is COc1ccc(NC(=O)N2CCN(c3nc(-c4cccc(C)c4)nc(C)c3Cc3ccccc3)CC2)c(OC)c1. The molecule has 2 heterocycles. The molecule has 1 aromatic heterocycles. The lowest BCUT2D eigenvalue weighted by Gasteiger charge is -2.36. The molecule has 1 aliphatic rings. The maximum absolute atomic E-state index is 13.2. The number of rotatable bonds is 7. The quantitative estimate of drug-likeness (QED) is 0.325. The molecule has 0 aliphatic carbocycles. The molecule has 4 aromatic rings. The molecule has 0 unspecified atom stereocenters. The van der Waals surface area contributed by atoms with Crippen LogP contribution < -0.4 is 19.7 Å². The first-order chi connectivity index (χ1) is 19.4. The average molecular weight is 538 g/mol. The molecule has 1 fully saturated rings. The number of carbonyl (C=O) groups is 1. The minimum Gasteiger partial charge on any atom is -0.497 e. The summed E-state index contributed by atoms with van der Waals surface area (Å²) < 4.78 is 10.7. The number of aryl methyl sites for hydroxylation is 2. The summed E-state index contributed by atoms with van der Waals surface area (Å²) in [6.45, 7) is 6.61. The number of benzene rings is 3. The molecule has 1 saturated heterocycles. The molecule has 8 heteroatoms. The Balaban J connectivity index is 1.37. The van der Waals surface area contributed by atoms with Crippen molar-refractivity contribution >= 4 is 17.5 Å². The Bertz CT molecular complexity index is 1480. The molecule has 40 heavy (non-hydrogen) atoms. The number of methoxy groups -OCH3 is 2. The van der Waals surface area contributed by atoms with E-state index >= 15 is 0 Å². The first-order valence-corrected chi connectivity index (χ1v) is 13.5. The van der Waals surface area contributed by atoms with Crippen LogP contribution in [0, 0.1) is 13.8 Å². The van der Waals surface area contributed by atoms with Crippen LogP contribution in [-0.4, -0.2) is 61.3 Å². The van der Waals surface area contributed by atoms with Gasteiger partial charge in [0.1, 0.15) is 17.3 Å². The van der Waals surface area contributed by atoms with Crippen molar-refractivity contribution in [1.29, 1.82) is 0 Å². The van der Waals surface area contributed by atoms with Crippen LogP contribution in [0.1, 0.15) is 22.4 Å². The molecule has 2 amide bonds. The third kappa shape index (κ3) is 6.01. The number of anilines is 2. The molecule has 0 bridgehead atoms. The monoisotopic (exact) mass is 537 g/mol. The van der Waals surface area contributed by atoms with Gasteiger partial charge in [0.15, 0.2) is 5.82 Å². The van der Waals surface area contributed by atoms with Gasteiger partial charge >= 0.3 is 6.03 Å². The van der Waals surface area contributed by atoms with Crippen molar-refractivity contribution in [2.24, 2.45) is 0 Å². The minimum atomic E-state index is -0.160. The Hall–Kier alpha value is -4.59. The van der Waals surface area contributed by atoms with E-state index in [4.69, 9.17) is 19.4 Å². The summed E-state index contributed by atoms with van der Waals surface area (Å²) in [5.41, 5.74) is 6.07. The van der Waals surface area contributed by atoms with E-state index in [0.717, 1.165) is 34.9 Å². The summed E-state index contributed by atoms with van der Waals surface area (Å²) in [5.74, 6) is 2.88. The zero-order valence-corrected chi connectivity index (χ0v) is 23.5. The summed E-state index contributed by atoms with van der Waals surface area (Å²) >= 11 is 0. The summed E-state index contributed by atoms with van der Waals surface area (Å²) in [6, 6.07) is 23.9. The van der Waals surface area contributed by atoms with Gasteiger partial charge in [0.2, 0.25) is 0 Å². The number of urea groups is 1. The Kier molecular flexibility index (Phi) is 8.15. The van der Waals surface area contributed by atoms with Crippen LogP contribution in [0.5, 0.6) is 11.5 Å². The Labute approximate surface area is 235 Å². The van der Waals surface area contributed by atoms with Gasteiger partial charge in [-0.2, -0.15) is 0 Å². The summed E-state index contributed by atoms with van der Waals surface area (Å²) in [6.07, 6.45) is 0.744. The van der Waals surface area contributed by atoms with Crippen molar-refractivity contribution in [2.45, 2.75) is 20.3 Å². The van der Waals surface area contributed by atoms with Crippen LogP contribution in [0.25, 0.3) is 11.4 Å². The Morgan fingerprint density at radius 2 is 1.65 bits per heavy atom. The molecule has 8 nitrogen and oxygen atoms in total. The lowest BCUT2D eigenvalue weighted by molar-refractivity contribution is 0.208. The van der Waals surface area contributed by atoms with Gasteiger partial charge in [-0.25, -0.2) is 14.8 Å². The van der Waals surface area contributed by atoms with Crippen molar-refractivity contribution in [3.8, 4) is 22.9 Å². The molecule has 1 aliphatic heterocycles. The zero-order chi connectivity index (χ0) is 28.1. The number of carbonyl (C=O) groups excluding carboxylic acids is 1. The van der Waals surface area contributed by atoms with Gasteiger partial charge in [0.05, 0.1) is 19.9 Å². The van der Waals surface area contributed by atoms with Crippen LogP contribution in [0.4, 0.5) is 16.3 Å². The molecule has 1 N–H and O–H groups in total. The number of aromatic nitrogens is 2. The maximum Gasteiger partial charge on any atom is 0.322 e. The van der Waals surface area contributed by atoms with E-state index in [1.165, 1.54) is 11.1 Å². The van der Waals surface area contributed by atoms with Crippen molar-refractivity contribution in [1.82, 2.24) is 14.9 Å². The molecule has 0 spiro atoms. The highest BCUT2D eigenvalue weighted by Crippen LogP contribution is 2.31. The highest BCUT2D eigenvalue weighted by Gasteiger charge is 2.26. The van der Waals surface area contributed by atoms with Crippen LogP contribution in [0.3, 0.4) is 0 Å². The lowest BCUT2D eigenvalue weighted by Crippen LogP contribution is -2.50. The fraction of sp³-hybridized carbons (Fsp3) is 0.281. The van der Waals surface area contributed by atoms with Gasteiger partial charge < -0.3 is 24.6 Å². The second-order valence-corrected chi connectivity index (χ2v) is 9.94. The van der Waals surface area contributed by atoms with E-state index in [9.17, 15) is 4.79 Å². The fourth-order valence-electron chi connectivity index (χ4n) is 4.98. The number of amides is 2. The van der Waals surface area contributed by atoms with Crippen LogP contribution in [0.15, 0.2) is 72.8 Å². The summed E-state index contributed by atoms with van der Waals surface area (Å²) in [4.78, 5) is 27.3. The van der Waals surface area contributed by atoms with E-state index in [0.29, 0.717) is 43.4 Å². The number of hydrogen-bond donors (Lipinski definition) is 1. The first-order valence-electron chi connectivity index (χ1n) is 13.5.